The third-order valence-electron chi connectivity index (χ3n) is 2.44. The van der Waals surface area contributed by atoms with Gasteiger partial charge in [-0.05, 0) is 11.8 Å². The van der Waals surface area contributed by atoms with Crippen LogP contribution in [0.5, 0.6) is 0 Å². The highest BCUT2D eigenvalue weighted by Gasteiger charge is 2.34. The Morgan fingerprint density at radius 3 is 2.69 bits per heavy atom. The van der Waals surface area contributed by atoms with E-state index in [-0.39, 0.29) is 28.6 Å². The van der Waals surface area contributed by atoms with Gasteiger partial charge in [0.2, 0.25) is 6.54 Å². The van der Waals surface area contributed by atoms with Crippen LogP contribution in [-0.2, 0) is 4.79 Å². The first-order valence-corrected chi connectivity index (χ1v) is 4.52. The van der Waals surface area contributed by atoms with E-state index >= 15 is 0 Å². The Morgan fingerprint density at radius 2 is 2.23 bits per heavy atom. The molecule has 0 heterocycles. The summed E-state index contributed by atoms with van der Waals surface area (Å²) in [5.41, 5.74) is -0.0456. The lowest BCUT2D eigenvalue weighted by Gasteiger charge is -2.32. The molecule has 0 aliphatic heterocycles. The normalized spacial score (nSPS) is 27.2. The Hall–Kier alpha value is -0.930. The van der Waals surface area contributed by atoms with Crippen LogP contribution in [0.15, 0.2) is 0 Å². The van der Waals surface area contributed by atoms with Gasteiger partial charge in [-0.2, -0.15) is 0 Å². The van der Waals surface area contributed by atoms with Gasteiger partial charge in [-0.25, -0.2) is 0 Å². The predicted octanol–water partition coefficient (Wildman–Crippen LogP) is 1.66. The summed E-state index contributed by atoms with van der Waals surface area (Å²) in [6.07, 6.45) is 1.76. The summed E-state index contributed by atoms with van der Waals surface area (Å²) < 4.78 is 0. The number of hydrogen-bond acceptors (Lipinski definition) is 3. The molecule has 1 aliphatic carbocycles. The average molecular weight is 185 g/mol. The fourth-order valence-corrected chi connectivity index (χ4v) is 2.19. The molecule has 4 heteroatoms. The molecular formula is C9H15NO3. The predicted molar refractivity (Wildman–Crippen MR) is 48.0 cm³/mol. The Balaban J connectivity index is 2.57. The molecule has 0 unspecified atom stereocenters. The van der Waals surface area contributed by atoms with Crippen LogP contribution in [0.1, 0.15) is 33.1 Å². The lowest BCUT2D eigenvalue weighted by atomic mass is 9.72. The van der Waals surface area contributed by atoms with Crippen LogP contribution in [0.3, 0.4) is 0 Å². The topological polar surface area (TPSA) is 60.2 Å². The van der Waals surface area contributed by atoms with Crippen LogP contribution >= 0.6 is 0 Å². The Morgan fingerprint density at radius 1 is 1.62 bits per heavy atom. The van der Waals surface area contributed by atoms with E-state index in [4.69, 9.17) is 0 Å². The smallest absolute Gasteiger partial charge is 0.207 e. The lowest BCUT2D eigenvalue weighted by molar-refractivity contribution is -0.489. The fraction of sp³-hybridized carbons (Fsp3) is 0.889. The van der Waals surface area contributed by atoms with E-state index < -0.39 is 0 Å². The van der Waals surface area contributed by atoms with Crippen molar-refractivity contribution in [1.29, 1.82) is 0 Å². The molecule has 1 rings (SSSR count). The summed E-state index contributed by atoms with van der Waals surface area (Å²) in [6, 6.07) is 0. The fourth-order valence-electron chi connectivity index (χ4n) is 2.19. The zero-order valence-corrected chi connectivity index (χ0v) is 8.08. The zero-order chi connectivity index (χ0) is 10.1. The van der Waals surface area contributed by atoms with Crippen molar-refractivity contribution in [3.05, 3.63) is 10.1 Å². The highest BCUT2D eigenvalue weighted by molar-refractivity contribution is 5.80. The van der Waals surface area contributed by atoms with Crippen LogP contribution < -0.4 is 0 Å². The van der Waals surface area contributed by atoms with Crippen LogP contribution in [0, 0.1) is 21.4 Å². The van der Waals surface area contributed by atoms with Crippen LogP contribution in [-0.4, -0.2) is 17.3 Å². The van der Waals surface area contributed by atoms with Crippen molar-refractivity contribution < 1.29 is 9.72 Å². The third-order valence-corrected chi connectivity index (χ3v) is 2.44. The second-order valence-corrected chi connectivity index (χ2v) is 4.67. The molecule has 0 bridgehead atoms. The molecule has 0 N–H and O–H groups in total. The minimum absolute atomic E-state index is 0.0456. The van der Waals surface area contributed by atoms with E-state index in [1.54, 1.807) is 0 Å². The molecule has 1 aliphatic rings. The van der Waals surface area contributed by atoms with Gasteiger partial charge in [-0.3, -0.25) is 14.9 Å². The van der Waals surface area contributed by atoms with Gasteiger partial charge in [-0.15, -0.1) is 0 Å². The van der Waals surface area contributed by atoms with Gasteiger partial charge in [-0.1, -0.05) is 13.8 Å². The van der Waals surface area contributed by atoms with E-state index in [0.717, 1.165) is 6.42 Å². The largest absolute Gasteiger partial charge is 0.300 e. The molecular weight excluding hydrogens is 170 g/mol. The molecule has 1 fully saturated rings. The van der Waals surface area contributed by atoms with Crippen molar-refractivity contribution >= 4 is 5.78 Å². The SMILES string of the molecule is CC1(C)CC(=O)C[C@H](C[N+](=O)[O-])C1. The maximum atomic E-state index is 11.2. The molecule has 0 aromatic rings. The van der Waals surface area contributed by atoms with Crippen LogP contribution in [0.4, 0.5) is 0 Å². The number of hydrogen-bond donors (Lipinski definition) is 0. The molecule has 0 aromatic heterocycles. The molecule has 0 amide bonds. The van der Waals surface area contributed by atoms with E-state index in [1.165, 1.54) is 0 Å². The number of carbonyl (C=O) groups excluding carboxylic acids is 1. The maximum Gasteiger partial charge on any atom is 0.207 e. The average Bonchev–Trinajstić information content (AvgIpc) is 1.78. The first-order valence-electron chi connectivity index (χ1n) is 4.52. The van der Waals surface area contributed by atoms with Gasteiger partial charge >= 0.3 is 0 Å². The number of nitro groups is 1. The van der Waals surface area contributed by atoms with Crippen molar-refractivity contribution in [3.63, 3.8) is 0 Å². The molecule has 13 heavy (non-hydrogen) atoms. The second kappa shape index (κ2) is 3.44. The van der Waals surface area contributed by atoms with E-state index in [1.807, 2.05) is 13.8 Å². The first-order chi connectivity index (χ1) is 5.89. The standard InChI is InChI=1S/C9H15NO3/c1-9(2)4-7(6-10(12)13)3-8(11)5-9/h7H,3-6H2,1-2H3/t7-/m0/s1. The highest BCUT2D eigenvalue weighted by atomic mass is 16.6. The quantitative estimate of drug-likeness (QED) is 0.485. The maximum absolute atomic E-state index is 11.2. The van der Waals surface area contributed by atoms with Gasteiger partial charge in [0.25, 0.3) is 0 Å². The Labute approximate surface area is 77.5 Å². The summed E-state index contributed by atoms with van der Waals surface area (Å²) in [5.74, 6) is 0.120. The summed E-state index contributed by atoms with van der Waals surface area (Å²) in [4.78, 5) is 21.2. The molecule has 1 atom stereocenters. The molecule has 0 radical (unpaired) electrons. The summed E-state index contributed by atoms with van der Waals surface area (Å²) in [7, 11) is 0. The number of Topliss-reactive ketones (excluding diaryl/α,β-unsaturated/α-hetero) is 1. The molecule has 0 aromatic carbocycles. The molecule has 4 nitrogen and oxygen atoms in total. The van der Waals surface area contributed by atoms with Crippen molar-refractivity contribution in [2.24, 2.45) is 11.3 Å². The molecule has 0 spiro atoms. The van der Waals surface area contributed by atoms with Crippen molar-refractivity contribution in [3.8, 4) is 0 Å². The monoisotopic (exact) mass is 185 g/mol. The van der Waals surface area contributed by atoms with Crippen molar-refractivity contribution in [1.82, 2.24) is 0 Å². The molecule has 1 saturated carbocycles. The van der Waals surface area contributed by atoms with Gasteiger partial charge in [0.15, 0.2) is 0 Å². The second-order valence-electron chi connectivity index (χ2n) is 4.67. The Kier molecular flexibility index (Phi) is 2.68. The summed E-state index contributed by atoms with van der Waals surface area (Å²) in [6.45, 7) is 3.93. The third kappa shape index (κ3) is 3.13. The number of carbonyl (C=O) groups is 1. The van der Waals surface area contributed by atoms with Gasteiger partial charge in [0.1, 0.15) is 5.78 Å². The number of nitrogens with zero attached hydrogens (tertiary/aromatic N) is 1. The van der Waals surface area contributed by atoms with E-state index in [2.05, 4.69) is 0 Å². The lowest BCUT2D eigenvalue weighted by Crippen LogP contribution is -2.32. The van der Waals surface area contributed by atoms with Crippen LogP contribution in [0.25, 0.3) is 0 Å². The zero-order valence-electron chi connectivity index (χ0n) is 8.08. The summed E-state index contributed by atoms with van der Waals surface area (Å²) in [5, 5.41) is 10.3. The minimum Gasteiger partial charge on any atom is -0.300 e. The molecule has 74 valence electrons. The number of rotatable bonds is 2. The highest BCUT2D eigenvalue weighted by Crippen LogP contribution is 2.36. The van der Waals surface area contributed by atoms with Gasteiger partial charge in [0, 0.05) is 23.7 Å². The first kappa shape index (κ1) is 10.2. The van der Waals surface area contributed by atoms with Crippen molar-refractivity contribution in [2.75, 3.05) is 6.54 Å². The van der Waals surface area contributed by atoms with Gasteiger partial charge in [0.05, 0.1) is 0 Å². The Bertz CT molecular complexity index is 233. The minimum atomic E-state index is -0.320. The van der Waals surface area contributed by atoms with E-state index in [9.17, 15) is 14.9 Å². The molecule has 0 saturated heterocycles. The van der Waals surface area contributed by atoms with Crippen LogP contribution in [0.2, 0.25) is 0 Å². The van der Waals surface area contributed by atoms with Gasteiger partial charge < -0.3 is 0 Å². The summed E-state index contributed by atoms with van der Waals surface area (Å²) >= 11 is 0. The van der Waals surface area contributed by atoms with E-state index in [0.29, 0.717) is 12.8 Å². The number of ketones is 1. The van der Waals surface area contributed by atoms with Crippen molar-refractivity contribution in [2.45, 2.75) is 33.1 Å².